The van der Waals surface area contributed by atoms with Crippen LogP contribution in [0.5, 0.6) is 0 Å². The van der Waals surface area contributed by atoms with Crippen molar-refractivity contribution in [3.8, 4) is 0 Å². The Morgan fingerprint density at radius 1 is 0.967 bits per heavy atom. The summed E-state index contributed by atoms with van der Waals surface area (Å²) in [5, 5.41) is 14.4. The first-order valence-electron chi connectivity index (χ1n) is 9.12. The lowest BCUT2D eigenvalue weighted by atomic mass is 9.87. The zero-order valence-electron chi connectivity index (χ0n) is 17.2. The number of aliphatic carboxylic acids is 1. The number of rotatable bonds is 10. The predicted molar refractivity (Wildman–Crippen MR) is 104 cm³/mol. The van der Waals surface area contributed by atoms with Crippen molar-refractivity contribution in [1.82, 2.24) is 10.6 Å². The summed E-state index contributed by atoms with van der Waals surface area (Å²) in [6.45, 7) is 2.54. The summed E-state index contributed by atoms with van der Waals surface area (Å²) < 4.78 is 9.14. The lowest BCUT2D eigenvalue weighted by Crippen LogP contribution is -2.56. The molecule has 2 amide bonds. The highest BCUT2D eigenvalue weighted by Gasteiger charge is 2.42. The fourth-order valence-electron chi connectivity index (χ4n) is 2.95. The van der Waals surface area contributed by atoms with Crippen molar-refractivity contribution in [3.05, 3.63) is 35.9 Å². The molecule has 1 aromatic rings. The van der Waals surface area contributed by atoms with Crippen molar-refractivity contribution in [1.29, 1.82) is 0 Å². The van der Waals surface area contributed by atoms with Gasteiger partial charge in [0.15, 0.2) is 5.92 Å². The van der Waals surface area contributed by atoms with E-state index in [-0.39, 0.29) is 6.42 Å². The molecule has 10 nitrogen and oxygen atoms in total. The second kappa shape index (κ2) is 11.5. The van der Waals surface area contributed by atoms with Gasteiger partial charge in [-0.15, -0.1) is 0 Å². The number of hydrogen-bond donors (Lipinski definition) is 3. The number of hydrogen-bond acceptors (Lipinski definition) is 7. The number of carbonyl (C=O) groups is 5. The molecule has 1 aromatic carbocycles. The highest BCUT2D eigenvalue weighted by Crippen LogP contribution is 2.20. The standard InChI is InChI=1S/C20H26N2O8/c1-11(15(19(27)29-3)20(28)30-4)16(18(25)26)22-17(24)14(21-12(2)23)10-13-8-6-5-7-9-13/h5-9,11,14-16H,10H2,1-4H3,(H,21,23)(H,22,24)(H,25,26)/t11-,14+,16-/m0/s1. The van der Waals surface area contributed by atoms with E-state index in [4.69, 9.17) is 0 Å². The lowest BCUT2D eigenvalue weighted by molar-refractivity contribution is -0.163. The van der Waals surface area contributed by atoms with E-state index in [1.54, 1.807) is 30.3 Å². The van der Waals surface area contributed by atoms with Gasteiger partial charge in [-0.25, -0.2) is 4.79 Å². The van der Waals surface area contributed by atoms with Crippen molar-refractivity contribution in [3.63, 3.8) is 0 Å². The van der Waals surface area contributed by atoms with Crippen LogP contribution in [0.4, 0.5) is 0 Å². The first kappa shape index (κ1) is 24.6. The molecule has 0 saturated carbocycles. The zero-order chi connectivity index (χ0) is 22.8. The van der Waals surface area contributed by atoms with Crippen molar-refractivity contribution in [2.24, 2.45) is 11.8 Å². The smallest absolute Gasteiger partial charge is 0.326 e. The summed E-state index contributed by atoms with van der Waals surface area (Å²) in [6, 6.07) is 6.14. The average molecular weight is 422 g/mol. The van der Waals surface area contributed by atoms with Gasteiger partial charge >= 0.3 is 17.9 Å². The normalized spacial score (nSPS) is 13.5. The predicted octanol–water partition coefficient (Wildman–Crippen LogP) is -0.0985. The lowest BCUT2D eigenvalue weighted by Gasteiger charge is -2.27. The van der Waals surface area contributed by atoms with Crippen molar-refractivity contribution in [2.45, 2.75) is 32.4 Å². The number of carboxylic acid groups (broad SMARTS) is 1. The number of carboxylic acids is 1. The number of nitrogens with one attached hydrogen (secondary N) is 2. The number of ether oxygens (including phenoxy) is 2. The summed E-state index contributed by atoms with van der Waals surface area (Å²) in [5.41, 5.74) is 0.744. The molecule has 1 rings (SSSR count). The van der Waals surface area contributed by atoms with Gasteiger partial charge in [-0.05, 0) is 5.56 Å². The second-order valence-electron chi connectivity index (χ2n) is 6.65. The van der Waals surface area contributed by atoms with Crippen LogP contribution in [0.25, 0.3) is 0 Å². The maximum Gasteiger partial charge on any atom is 0.326 e. The molecule has 30 heavy (non-hydrogen) atoms. The zero-order valence-corrected chi connectivity index (χ0v) is 17.2. The number of benzene rings is 1. The molecule has 0 saturated heterocycles. The molecule has 0 spiro atoms. The number of methoxy groups -OCH3 is 2. The molecule has 0 aliphatic carbocycles. The fourth-order valence-corrected chi connectivity index (χ4v) is 2.95. The minimum Gasteiger partial charge on any atom is -0.480 e. The Morgan fingerprint density at radius 3 is 1.93 bits per heavy atom. The maximum absolute atomic E-state index is 12.8. The molecule has 10 heteroatoms. The number of carbonyl (C=O) groups excluding carboxylic acids is 4. The summed E-state index contributed by atoms with van der Waals surface area (Å²) in [5.74, 6) is -7.45. The van der Waals surface area contributed by atoms with E-state index in [0.717, 1.165) is 19.8 Å². The van der Waals surface area contributed by atoms with Crippen molar-refractivity contribution < 1.29 is 38.6 Å². The fraction of sp³-hybridized carbons (Fsp3) is 0.450. The van der Waals surface area contributed by atoms with Crippen LogP contribution in [-0.4, -0.2) is 61.1 Å². The molecule has 0 unspecified atom stereocenters. The third-order valence-electron chi connectivity index (χ3n) is 4.50. The Kier molecular flexibility index (Phi) is 9.47. The summed E-state index contributed by atoms with van der Waals surface area (Å²) >= 11 is 0. The summed E-state index contributed by atoms with van der Waals surface area (Å²) in [4.78, 5) is 60.1. The minimum absolute atomic E-state index is 0.115. The Bertz CT molecular complexity index is 764. The Labute approximate surface area is 173 Å². The third-order valence-corrected chi connectivity index (χ3v) is 4.50. The van der Waals surface area contributed by atoms with Crippen LogP contribution in [0, 0.1) is 11.8 Å². The SMILES string of the molecule is COC(=O)C(C(=O)OC)[C@H](C)[C@H](NC(=O)[C@@H](Cc1ccccc1)NC(C)=O)C(=O)O. The molecule has 164 valence electrons. The van der Waals surface area contributed by atoms with Gasteiger partial charge in [0.1, 0.15) is 12.1 Å². The summed E-state index contributed by atoms with van der Waals surface area (Å²) in [7, 11) is 2.10. The molecular weight excluding hydrogens is 396 g/mol. The quantitative estimate of drug-likeness (QED) is 0.350. The molecule has 0 bridgehead atoms. The van der Waals surface area contributed by atoms with Gasteiger partial charge in [0.05, 0.1) is 14.2 Å². The van der Waals surface area contributed by atoms with E-state index < -0.39 is 53.6 Å². The van der Waals surface area contributed by atoms with Gasteiger partial charge in [0, 0.05) is 19.3 Å². The first-order valence-corrected chi connectivity index (χ1v) is 9.12. The molecule has 0 aromatic heterocycles. The monoisotopic (exact) mass is 422 g/mol. The van der Waals surface area contributed by atoms with E-state index in [1.165, 1.54) is 13.8 Å². The van der Waals surface area contributed by atoms with E-state index in [9.17, 15) is 29.1 Å². The molecule has 0 fully saturated rings. The van der Waals surface area contributed by atoms with Crippen molar-refractivity contribution >= 4 is 29.7 Å². The third kappa shape index (κ3) is 6.87. The van der Waals surface area contributed by atoms with E-state index in [0.29, 0.717) is 0 Å². The van der Waals surface area contributed by atoms with Crippen LogP contribution >= 0.6 is 0 Å². The highest BCUT2D eigenvalue weighted by atomic mass is 16.5. The van der Waals surface area contributed by atoms with Crippen LogP contribution in [0.2, 0.25) is 0 Å². The molecule has 0 radical (unpaired) electrons. The molecule has 0 heterocycles. The second-order valence-corrected chi connectivity index (χ2v) is 6.65. The summed E-state index contributed by atoms with van der Waals surface area (Å²) in [6.07, 6.45) is 0.115. The van der Waals surface area contributed by atoms with Gasteiger partial charge in [0.25, 0.3) is 0 Å². The average Bonchev–Trinajstić information content (AvgIpc) is 2.71. The minimum atomic E-state index is -1.62. The Balaban J connectivity index is 3.11. The van der Waals surface area contributed by atoms with E-state index >= 15 is 0 Å². The first-order chi connectivity index (χ1) is 14.1. The number of amides is 2. The maximum atomic E-state index is 12.8. The van der Waals surface area contributed by atoms with Gasteiger partial charge < -0.3 is 25.2 Å². The Hall–Kier alpha value is -3.43. The van der Waals surface area contributed by atoms with Gasteiger partial charge in [0.2, 0.25) is 11.8 Å². The van der Waals surface area contributed by atoms with E-state index in [2.05, 4.69) is 20.1 Å². The van der Waals surface area contributed by atoms with Gasteiger partial charge in [-0.1, -0.05) is 37.3 Å². The van der Waals surface area contributed by atoms with Gasteiger partial charge in [-0.2, -0.15) is 0 Å². The largest absolute Gasteiger partial charge is 0.480 e. The van der Waals surface area contributed by atoms with Crippen LogP contribution in [0.1, 0.15) is 19.4 Å². The molecule has 0 aliphatic heterocycles. The molecular formula is C20H26N2O8. The molecule has 3 atom stereocenters. The topological polar surface area (TPSA) is 148 Å². The van der Waals surface area contributed by atoms with Crippen molar-refractivity contribution in [2.75, 3.05) is 14.2 Å². The highest BCUT2D eigenvalue weighted by molar-refractivity contribution is 5.97. The van der Waals surface area contributed by atoms with Crippen LogP contribution in [0.15, 0.2) is 30.3 Å². The van der Waals surface area contributed by atoms with Crippen LogP contribution in [0.3, 0.4) is 0 Å². The van der Waals surface area contributed by atoms with Gasteiger partial charge in [-0.3, -0.25) is 19.2 Å². The van der Waals surface area contributed by atoms with Crippen LogP contribution in [-0.2, 0) is 39.9 Å². The van der Waals surface area contributed by atoms with Crippen LogP contribution < -0.4 is 10.6 Å². The van der Waals surface area contributed by atoms with E-state index in [1.807, 2.05) is 0 Å². The Morgan fingerprint density at radius 2 is 1.50 bits per heavy atom. The molecule has 3 N–H and O–H groups in total. The molecule has 0 aliphatic rings. The number of esters is 2.